The molecule has 1 aromatic carbocycles. The number of nitrogens with zero attached hydrogens (tertiary/aromatic N) is 2. The fourth-order valence-corrected chi connectivity index (χ4v) is 4.01. The maximum Gasteiger partial charge on any atom is 0.279 e. The van der Waals surface area contributed by atoms with E-state index in [0.29, 0.717) is 19.0 Å². The lowest BCUT2D eigenvalue weighted by molar-refractivity contribution is 0.192. The van der Waals surface area contributed by atoms with Gasteiger partial charge in [-0.25, -0.2) is 4.72 Å². The van der Waals surface area contributed by atoms with E-state index in [2.05, 4.69) is 23.5 Å². The first kappa shape index (κ1) is 18.4. The summed E-state index contributed by atoms with van der Waals surface area (Å²) in [5, 5.41) is 0. The van der Waals surface area contributed by atoms with Crippen LogP contribution in [0.5, 0.6) is 0 Å². The van der Waals surface area contributed by atoms with Gasteiger partial charge in [-0.1, -0.05) is 44.2 Å². The zero-order chi connectivity index (χ0) is 16.9. The second-order valence-corrected chi connectivity index (χ2v) is 8.51. The predicted molar refractivity (Wildman–Crippen MR) is 94.3 cm³/mol. The van der Waals surface area contributed by atoms with E-state index in [1.54, 1.807) is 7.05 Å². The van der Waals surface area contributed by atoms with Crippen molar-refractivity contribution < 1.29 is 8.42 Å². The molecular formula is C17H29N3O2S. The number of hydrogen-bond acceptors (Lipinski definition) is 3. The Bertz CT molecular complexity index is 569. The first-order valence-electron chi connectivity index (χ1n) is 8.39. The molecule has 0 spiro atoms. The third-order valence-corrected chi connectivity index (χ3v) is 5.99. The van der Waals surface area contributed by atoms with E-state index in [1.807, 2.05) is 30.3 Å². The summed E-state index contributed by atoms with van der Waals surface area (Å²) in [6.45, 7) is 7.32. The summed E-state index contributed by atoms with van der Waals surface area (Å²) in [4.78, 5) is 2.41. The van der Waals surface area contributed by atoms with E-state index >= 15 is 0 Å². The van der Waals surface area contributed by atoms with Crippen molar-refractivity contribution in [3.8, 4) is 0 Å². The van der Waals surface area contributed by atoms with Crippen molar-refractivity contribution in [1.29, 1.82) is 0 Å². The van der Waals surface area contributed by atoms with Crippen LogP contribution in [0.15, 0.2) is 30.3 Å². The second-order valence-electron chi connectivity index (χ2n) is 6.65. The summed E-state index contributed by atoms with van der Waals surface area (Å²) < 4.78 is 29.1. The maximum atomic E-state index is 12.5. The van der Waals surface area contributed by atoms with Gasteiger partial charge in [0.1, 0.15) is 0 Å². The molecule has 1 heterocycles. The minimum atomic E-state index is -3.46. The van der Waals surface area contributed by atoms with Gasteiger partial charge in [0, 0.05) is 26.2 Å². The molecule has 1 aliphatic heterocycles. The smallest absolute Gasteiger partial charge is 0.279 e. The third-order valence-electron chi connectivity index (χ3n) is 4.51. The topological polar surface area (TPSA) is 52.7 Å². The minimum Gasteiger partial charge on any atom is -0.299 e. The first-order chi connectivity index (χ1) is 10.9. The zero-order valence-corrected chi connectivity index (χ0v) is 15.2. The number of likely N-dealkylation sites (tertiary alicyclic amines) is 1. The van der Waals surface area contributed by atoms with Crippen molar-refractivity contribution >= 4 is 10.2 Å². The highest BCUT2D eigenvalue weighted by Gasteiger charge is 2.27. The summed E-state index contributed by atoms with van der Waals surface area (Å²) in [7, 11) is -1.84. The Morgan fingerprint density at radius 1 is 1.17 bits per heavy atom. The van der Waals surface area contributed by atoms with Crippen LogP contribution in [-0.4, -0.2) is 50.3 Å². The standard InChI is InChI=1S/C17H29N3O2S/c1-15(2)17(20-11-7-8-12-20)13-18-23(21,22)19(3)14-16-9-5-4-6-10-16/h4-6,9-10,15,17-18H,7-8,11-14H2,1-3H3. The summed E-state index contributed by atoms with van der Waals surface area (Å²) in [5.41, 5.74) is 0.986. The Morgan fingerprint density at radius 3 is 2.35 bits per heavy atom. The minimum absolute atomic E-state index is 0.261. The maximum absolute atomic E-state index is 12.5. The molecule has 5 nitrogen and oxygen atoms in total. The number of hydrogen-bond donors (Lipinski definition) is 1. The molecule has 0 bridgehead atoms. The van der Waals surface area contributed by atoms with E-state index in [4.69, 9.17) is 0 Å². The van der Waals surface area contributed by atoms with E-state index in [0.717, 1.165) is 18.7 Å². The molecule has 0 saturated carbocycles. The quantitative estimate of drug-likeness (QED) is 0.789. The van der Waals surface area contributed by atoms with Crippen LogP contribution < -0.4 is 4.72 Å². The third kappa shape index (κ3) is 5.28. The van der Waals surface area contributed by atoms with Crippen LogP contribution in [0.25, 0.3) is 0 Å². The SMILES string of the molecule is CC(C)C(CNS(=O)(=O)N(C)Cc1ccccc1)N1CCCC1. The van der Waals surface area contributed by atoms with Crippen LogP contribution in [0, 0.1) is 5.92 Å². The molecule has 1 aliphatic rings. The normalized spacial score (nSPS) is 18.0. The van der Waals surface area contributed by atoms with Crippen molar-refractivity contribution in [2.24, 2.45) is 5.92 Å². The van der Waals surface area contributed by atoms with Gasteiger partial charge in [0.2, 0.25) is 0 Å². The fraction of sp³-hybridized carbons (Fsp3) is 0.647. The Kier molecular flexibility index (Phi) is 6.59. The van der Waals surface area contributed by atoms with E-state index in [-0.39, 0.29) is 6.04 Å². The second kappa shape index (κ2) is 8.24. The van der Waals surface area contributed by atoms with Crippen molar-refractivity contribution in [3.05, 3.63) is 35.9 Å². The number of benzene rings is 1. The zero-order valence-electron chi connectivity index (χ0n) is 14.4. The van der Waals surface area contributed by atoms with E-state index < -0.39 is 10.2 Å². The molecule has 1 aromatic rings. The van der Waals surface area contributed by atoms with Gasteiger partial charge in [0.05, 0.1) is 0 Å². The largest absolute Gasteiger partial charge is 0.299 e. The number of rotatable bonds is 8. The van der Waals surface area contributed by atoms with Crippen LogP contribution >= 0.6 is 0 Å². The predicted octanol–water partition coefficient (Wildman–Crippen LogP) is 2.07. The molecule has 130 valence electrons. The molecule has 0 amide bonds. The molecule has 1 atom stereocenters. The van der Waals surface area contributed by atoms with Gasteiger partial charge in [-0.3, -0.25) is 4.90 Å². The van der Waals surface area contributed by atoms with Gasteiger partial charge >= 0.3 is 0 Å². The summed E-state index contributed by atoms with van der Waals surface area (Å²) in [6.07, 6.45) is 2.42. The van der Waals surface area contributed by atoms with Crippen LogP contribution in [0.4, 0.5) is 0 Å². The molecule has 0 radical (unpaired) electrons. The van der Waals surface area contributed by atoms with Crippen molar-refractivity contribution in [3.63, 3.8) is 0 Å². The van der Waals surface area contributed by atoms with Crippen molar-refractivity contribution in [2.45, 2.75) is 39.3 Å². The van der Waals surface area contributed by atoms with Crippen LogP contribution in [0.2, 0.25) is 0 Å². The van der Waals surface area contributed by atoms with Gasteiger partial charge in [0.15, 0.2) is 0 Å². The molecule has 1 saturated heterocycles. The molecule has 1 fully saturated rings. The molecule has 2 rings (SSSR count). The highest BCUT2D eigenvalue weighted by molar-refractivity contribution is 7.87. The molecular weight excluding hydrogens is 310 g/mol. The molecule has 6 heteroatoms. The van der Waals surface area contributed by atoms with Gasteiger partial charge in [-0.2, -0.15) is 12.7 Å². The highest BCUT2D eigenvalue weighted by atomic mass is 32.2. The van der Waals surface area contributed by atoms with Gasteiger partial charge in [-0.15, -0.1) is 0 Å². The first-order valence-corrected chi connectivity index (χ1v) is 9.83. The average molecular weight is 340 g/mol. The molecule has 0 aliphatic carbocycles. The average Bonchev–Trinajstić information content (AvgIpc) is 3.02. The van der Waals surface area contributed by atoms with Gasteiger partial charge in [0.25, 0.3) is 10.2 Å². The fourth-order valence-electron chi connectivity index (χ4n) is 3.09. The Labute approximate surface area is 140 Å². The number of nitrogens with one attached hydrogen (secondary N) is 1. The van der Waals surface area contributed by atoms with Gasteiger partial charge < -0.3 is 0 Å². The lowest BCUT2D eigenvalue weighted by Gasteiger charge is -2.31. The Balaban J connectivity index is 1.93. The monoisotopic (exact) mass is 339 g/mol. The van der Waals surface area contributed by atoms with Crippen LogP contribution in [-0.2, 0) is 16.8 Å². The Hall–Kier alpha value is -0.950. The summed E-state index contributed by atoms with van der Waals surface area (Å²) in [5.74, 6) is 0.426. The van der Waals surface area contributed by atoms with Crippen LogP contribution in [0.3, 0.4) is 0 Å². The summed E-state index contributed by atoms with van der Waals surface area (Å²) >= 11 is 0. The van der Waals surface area contributed by atoms with Gasteiger partial charge in [-0.05, 0) is 37.4 Å². The molecule has 23 heavy (non-hydrogen) atoms. The van der Waals surface area contributed by atoms with E-state index in [9.17, 15) is 8.42 Å². The summed E-state index contributed by atoms with van der Waals surface area (Å²) in [6, 6.07) is 9.91. The van der Waals surface area contributed by atoms with Crippen molar-refractivity contribution in [1.82, 2.24) is 13.9 Å². The Morgan fingerprint density at radius 2 is 1.78 bits per heavy atom. The van der Waals surface area contributed by atoms with E-state index in [1.165, 1.54) is 17.1 Å². The lowest BCUT2D eigenvalue weighted by atomic mass is 10.0. The lowest BCUT2D eigenvalue weighted by Crippen LogP contribution is -2.48. The van der Waals surface area contributed by atoms with Crippen LogP contribution in [0.1, 0.15) is 32.3 Å². The molecule has 0 aromatic heterocycles. The molecule has 1 unspecified atom stereocenters. The molecule has 1 N–H and O–H groups in total. The highest BCUT2D eigenvalue weighted by Crippen LogP contribution is 2.17. The van der Waals surface area contributed by atoms with Crippen molar-refractivity contribution in [2.75, 3.05) is 26.7 Å².